The predicted octanol–water partition coefficient (Wildman–Crippen LogP) is 3.38. The summed E-state index contributed by atoms with van der Waals surface area (Å²) in [6, 6.07) is 1.77. The van der Waals surface area contributed by atoms with E-state index in [1.165, 1.54) is 4.31 Å². The average Bonchev–Trinajstić information content (AvgIpc) is 3.43. The molecule has 7 nitrogen and oxygen atoms in total. The van der Waals surface area contributed by atoms with Gasteiger partial charge in [0.1, 0.15) is 18.0 Å². The smallest absolute Gasteiger partial charge is 0.332 e. The Morgan fingerprint density at radius 1 is 1.17 bits per heavy atom. The van der Waals surface area contributed by atoms with Gasteiger partial charge in [0.25, 0.3) is 0 Å². The number of carbonyl (C=O) groups is 1. The minimum absolute atomic E-state index is 0.123. The van der Waals surface area contributed by atoms with Gasteiger partial charge in [-0.2, -0.15) is 4.31 Å². The molecule has 1 fully saturated rings. The lowest BCUT2D eigenvalue weighted by molar-refractivity contribution is -0.160. The lowest BCUT2D eigenvalue weighted by Gasteiger charge is -2.25. The van der Waals surface area contributed by atoms with Gasteiger partial charge in [0, 0.05) is 13.1 Å². The number of hydrogen-bond donors (Lipinski definition) is 0. The van der Waals surface area contributed by atoms with Crippen molar-refractivity contribution in [2.45, 2.75) is 64.9 Å². The Balaban J connectivity index is 2.14. The highest BCUT2D eigenvalue weighted by molar-refractivity contribution is 7.89. The summed E-state index contributed by atoms with van der Waals surface area (Å²) >= 11 is 0. The largest absolute Gasteiger partial charge is 0.496 e. The van der Waals surface area contributed by atoms with Gasteiger partial charge in [-0.05, 0) is 83.1 Å². The first-order chi connectivity index (χ1) is 13.9. The molecule has 1 aromatic carbocycles. The summed E-state index contributed by atoms with van der Waals surface area (Å²) < 4.78 is 44.6. The van der Waals surface area contributed by atoms with E-state index in [1.54, 1.807) is 40.9 Å². The van der Waals surface area contributed by atoms with Crippen LogP contribution in [0.5, 0.6) is 5.75 Å². The van der Waals surface area contributed by atoms with Crippen LogP contribution in [-0.2, 0) is 24.3 Å². The lowest BCUT2D eigenvalue weighted by atomic mass is 10.1. The summed E-state index contributed by atoms with van der Waals surface area (Å²) in [4.78, 5) is 12.1. The van der Waals surface area contributed by atoms with Crippen molar-refractivity contribution in [1.29, 1.82) is 0 Å². The number of rotatable bonds is 10. The number of methoxy groups -OCH3 is 1. The molecule has 0 atom stereocenters. The molecule has 0 aliphatic heterocycles. The zero-order valence-corrected chi connectivity index (χ0v) is 20.0. The van der Waals surface area contributed by atoms with Gasteiger partial charge in [-0.15, -0.1) is 0 Å². The normalized spacial score (nSPS) is 14.8. The van der Waals surface area contributed by atoms with Gasteiger partial charge < -0.3 is 14.2 Å². The average molecular weight is 442 g/mol. The summed E-state index contributed by atoms with van der Waals surface area (Å²) in [6.07, 6.45) is 2.06. The fourth-order valence-electron chi connectivity index (χ4n) is 3.35. The zero-order chi connectivity index (χ0) is 22.7. The van der Waals surface area contributed by atoms with Crippen LogP contribution in [0.4, 0.5) is 0 Å². The second-order valence-electron chi connectivity index (χ2n) is 8.92. The van der Waals surface area contributed by atoms with Crippen LogP contribution in [0.15, 0.2) is 11.0 Å². The van der Waals surface area contributed by atoms with E-state index in [-0.39, 0.29) is 19.8 Å². The predicted molar refractivity (Wildman–Crippen MR) is 115 cm³/mol. The number of carbonyl (C=O) groups excluding carboxylic acids is 1. The third kappa shape index (κ3) is 6.43. The third-order valence-electron chi connectivity index (χ3n) is 5.08. The first-order valence-corrected chi connectivity index (χ1v) is 11.8. The number of sulfonamides is 1. The second kappa shape index (κ2) is 9.66. The van der Waals surface area contributed by atoms with Gasteiger partial charge in [-0.25, -0.2) is 13.2 Å². The molecule has 0 radical (unpaired) electrons. The number of esters is 1. The van der Waals surface area contributed by atoms with Crippen molar-refractivity contribution < 1.29 is 27.4 Å². The Labute approximate surface area is 180 Å². The SMILES string of the molecule is COc1cc(C)c(S(=O)(=O)N(CCOCC(=O)OC(C)(C)C)CC2CC2)c(C)c1C. The maximum atomic E-state index is 13.5. The number of benzene rings is 1. The molecule has 30 heavy (non-hydrogen) atoms. The van der Waals surface area contributed by atoms with Crippen molar-refractivity contribution in [1.82, 2.24) is 4.31 Å². The highest BCUT2D eigenvalue weighted by Crippen LogP contribution is 2.35. The van der Waals surface area contributed by atoms with Crippen molar-refractivity contribution in [2.75, 3.05) is 33.4 Å². The van der Waals surface area contributed by atoms with Crippen molar-refractivity contribution >= 4 is 16.0 Å². The molecule has 0 heterocycles. The number of ether oxygens (including phenoxy) is 3. The van der Waals surface area contributed by atoms with Gasteiger partial charge in [-0.1, -0.05) is 0 Å². The molecule has 1 aliphatic rings. The van der Waals surface area contributed by atoms with Crippen LogP contribution in [0.1, 0.15) is 50.3 Å². The van der Waals surface area contributed by atoms with Gasteiger partial charge in [0.2, 0.25) is 10.0 Å². The minimum Gasteiger partial charge on any atom is -0.496 e. The van der Waals surface area contributed by atoms with Crippen LogP contribution in [0.2, 0.25) is 0 Å². The molecule has 0 N–H and O–H groups in total. The van der Waals surface area contributed by atoms with Crippen molar-refractivity contribution in [2.24, 2.45) is 5.92 Å². The highest BCUT2D eigenvalue weighted by atomic mass is 32.2. The number of hydrogen-bond acceptors (Lipinski definition) is 6. The standard InChI is InChI=1S/C22H35NO6S/c1-15-12-19(27-7)16(2)17(3)21(15)30(25,26)23(13-18-8-9-18)10-11-28-14-20(24)29-22(4,5)6/h12,18H,8-11,13-14H2,1-7H3. The summed E-state index contributed by atoms with van der Waals surface area (Å²) in [5, 5.41) is 0. The third-order valence-corrected chi connectivity index (χ3v) is 7.24. The molecule has 170 valence electrons. The molecule has 2 rings (SSSR count). The molecule has 0 aromatic heterocycles. The van der Waals surface area contributed by atoms with E-state index in [9.17, 15) is 13.2 Å². The fourth-order valence-corrected chi connectivity index (χ4v) is 5.34. The molecule has 0 bridgehead atoms. The molecule has 0 amide bonds. The fraction of sp³-hybridized carbons (Fsp3) is 0.682. The summed E-state index contributed by atoms with van der Waals surface area (Å²) in [7, 11) is -2.13. The monoisotopic (exact) mass is 441 g/mol. The van der Waals surface area contributed by atoms with Gasteiger partial charge in [0.15, 0.2) is 0 Å². The van der Waals surface area contributed by atoms with Gasteiger partial charge in [0.05, 0.1) is 18.6 Å². The topological polar surface area (TPSA) is 82.1 Å². The van der Waals surface area contributed by atoms with E-state index in [4.69, 9.17) is 14.2 Å². The Hall–Kier alpha value is -1.64. The van der Waals surface area contributed by atoms with Crippen LogP contribution in [0.3, 0.4) is 0 Å². The molecule has 8 heteroatoms. The quantitative estimate of drug-likeness (QED) is 0.409. The molecule has 1 aliphatic carbocycles. The number of nitrogens with zero attached hydrogens (tertiary/aromatic N) is 1. The number of aryl methyl sites for hydroxylation is 1. The Bertz CT molecular complexity index is 869. The van der Waals surface area contributed by atoms with Crippen LogP contribution in [-0.4, -0.2) is 57.7 Å². The summed E-state index contributed by atoms with van der Waals surface area (Å²) in [5.74, 6) is 0.598. The molecule has 0 unspecified atom stereocenters. The maximum Gasteiger partial charge on any atom is 0.332 e. The Morgan fingerprint density at radius 3 is 2.33 bits per heavy atom. The van der Waals surface area contributed by atoms with Crippen LogP contribution in [0, 0.1) is 26.7 Å². The Morgan fingerprint density at radius 2 is 1.80 bits per heavy atom. The molecular formula is C22H35NO6S. The zero-order valence-electron chi connectivity index (χ0n) is 19.2. The highest BCUT2D eigenvalue weighted by Gasteiger charge is 2.34. The van der Waals surface area contributed by atoms with Crippen molar-refractivity contribution in [3.63, 3.8) is 0 Å². The van der Waals surface area contributed by atoms with Crippen molar-refractivity contribution in [3.8, 4) is 5.75 Å². The molecule has 1 saturated carbocycles. The van der Waals surface area contributed by atoms with E-state index in [1.807, 2.05) is 13.8 Å². The summed E-state index contributed by atoms with van der Waals surface area (Å²) in [5.41, 5.74) is 1.59. The van der Waals surface area contributed by atoms with Gasteiger partial charge in [-0.3, -0.25) is 0 Å². The van der Waals surface area contributed by atoms with Crippen LogP contribution in [0.25, 0.3) is 0 Å². The maximum absolute atomic E-state index is 13.5. The summed E-state index contributed by atoms with van der Waals surface area (Å²) in [6.45, 7) is 11.4. The van der Waals surface area contributed by atoms with E-state index in [0.29, 0.717) is 34.2 Å². The van der Waals surface area contributed by atoms with Crippen molar-refractivity contribution in [3.05, 3.63) is 22.8 Å². The van der Waals surface area contributed by atoms with Gasteiger partial charge >= 0.3 is 5.97 Å². The van der Waals surface area contributed by atoms with E-state index >= 15 is 0 Å². The lowest BCUT2D eigenvalue weighted by Crippen LogP contribution is -2.37. The molecule has 0 spiro atoms. The van der Waals surface area contributed by atoms with E-state index in [2.05, 4.69) is 0 Å². The Kier molecular flexibility index (Phi) is 7.93. The second-order valence-corrected chi connectivity index (χ2v) is 10.8. The van der Waals surface area contributed by atoms with E-state index in [0.717, 1.165) is 18.4 Å². The first-order valence-electron chi connectivity index (χ1n) is 10.3. The van der Waals surface area contributed by atoms with Crippen LogP contribution >= 0.6 is 0 Å². The van der Waals surface area contributed by atoms with Crippen LogP contribution < -0.4 is 4.74 Å². The first kappa shape index (κ1) is 24.6. The molecule has 1 aromatic rings. The van der Waals surface area contributed by atoms with E-state index < -0.39 is 21.6 Å². The molecular weight excluding hydrogens is 406 g/mol. The molecule has 0 saturated heterocycles. The minimum atomic E-state index is -3.71.